The van der Waals surface area contributed by atoms with Gasteiger partial charge in [0.05, 0.1) is 18.7 Å². The third-order valence-corrected chi connectivity index (χ3v) is 3.62. The van der Waals surface area contributed by atoms with Crippen molar-refractivity contribution in [2.45, 2.75) is 12.5 Å². The molecule has 7 heteroatoms. The molecule has 0 aliphatic carbocycles. The maximum Gasteiger partial charge on any atom is 0.337 e. The lowest BCUT2D eigenvalue weighted by atomic mass is 10.1. The minimum atomic E-state index is -0.593. The molecule has 1 amide bonds. The van der Waals surface area contributed by atoms with Gasteiger partial charge in [0.15, 0.2) is 0 Å². The van der Waals surface area contributed by atoms with Gasteiger partial charge in [-0.1, -0.05) is 12.1 Å². The molecule has 0 heterocycles. The van der Waals surface area contributed by atoms with Gasteiger partial charge in [0.2, 0.25) is 5.91 Å². The summed E-state index contributed by atoms with van der Waals surface area (Å²) in [4.78, 5) is 24.8. The number of benzene rings is 2. The number of hydrogen-bond donors (Lipinski definition) is 1. The molecule has 0 aromatic heterocycles. The van der Waals surface area contributed by atoms with E-state index in [1.165, 1.54) is 12.0 Å². The van der Waals surface area contributed by atoms with Crippen LogP contribution in [0.25, 0.3) is 0 Å². The molecule has 0 saturated carbocycles. The quantitative estimate of drug-likeness (QED) is 0.781. The van der Waals surface area contributed by atoms with E-state index in [9.17, 15) is 9.59 Å². The van der Waals surface area contributed by atoms with Gasteiger partial charge < -0.3 is 20.1 Å². The Kier molecular flexibility index (Phi) is 8.09. The van der Waals surface area contributed by atoms with E-state index in [0.29, 0.717) is 23.5 Å². The van der Waals surface area contributed by atoms with Crippen LogP contribution in [0.15, 0.2) is 48.5 Å². The van der Waals surface area contributed by atoms with Crippen molar-refractivity contribution in [3.8, 4) is 11.5 Å². The molecule has 140 valence electrons. The molecule has 0 fully saturated rings. The topological polar surface area (TPSA) is 81.9 Å². The monoisotopic (exact) mass is 378 g/mol. The second-order valence-electron chi connectivity index (χ2n) is 5.81. The maximum atomic E-state index is 11.9. The summed E-state index contributed by atoms with van der Waals surface area (Å²) in [6.45, 7) is 0. The Hall–Kier alpha value is -2.57. The largest absolute Gasteiger partial charge is 0.465 e. The van der Waals surface area contributed by atoms with Crippen LogP contribution in [0.2, 0.25) is 0 Å². The first-order chi connectivity index (χ1) is 11.9. The SMILES string of the molecule is COC(=O)c1ccc(Oc2cccc(CC(N)C(=O)N(C)C)c2)cc1.Cl. The van der Waals surface area contributed by atoms with Crippen molar-refractivity contribution in [1.82, 2.24) is 4.90 Å². The van der Waals surface area contributed by atoms with E-state index in [2.05, 4.69) is 4.74 Å². The minimum absolute atomic E-state index is 0. The minimum Gasteiger partial charge on any atom is -0.465 e. The highest BCUT2D eigenvalue weighted by atomic mass is 35.5. The van der Waals surface area contributed by atoms with Crippen LogP contribution in [-0.4, -0.2) is 44.0 Å². The van der Waals surface area contributed by atoms with Gasteiger partial charge >= 0.3 is 5.97 Å². The zero-order valence-corrected chi connectivity index (χ0v) is 15.8. The number of halogens is 1. The molecule has 0 aliphatic heterocycles. The third kappa shape index (κ3) is 5.75. The first-order valence-electron chi connectivity index (χ1n) is 7.82. The van der Waals surface area contributed by atoms with Crippen molar-refractivity contribution in [2.75, 3.05) is 21.2 Å². The van der Waals surface area contributed by atoms with E-state index in [-0.39, 0.29) is 18.3 Å². The summed E-state index contributed by atoms with van der Waals surface area (Å²) in [5, 5.41) is 0. The number of ether oxygens (including phenoxy) is 2. The van der Waals surface area contributed by atoms with Crippen LogP contribution >= 0.6 is 12.4 Å². The lowest BCUT2D eigenvalue weighted by molar-refractivity contribution is -0.130. The van der Waals surface area contributed by atoms with Crippen LogP contribution in [0.4, 0.5) is 0 Å². The number of methoxy groups -OCH3 is 1. The Morgan fingerprint density at radius 3 is 2.31 bits per heavy atom. The summed E-state index contributed by atoms with van der Waals surface area (Å²) in [5.41, 5.74) is 7.30. The molecule has 6 nitrogen and oxygen atoms in total. The van der Waals surface area contributed by atoms with Gasteiger partial charge in [0, 0.05) is 14.1 Å². The molecule has 0 spiro atoms. The lowest BCUT2D eigenvalue weighted by Crippen LogP contribution is -2.41. The van der Waals surface area contributed by atoms with Crippen molar-refractivity contribution >= 4 is 24.3 Å². The van der Waals surface area contributed by atoms with Crippen molar-refractivity contribution < 1.29 is 19.1 Å². The van der Waals surface area contributed by atoms with Crippen LogP contribution in [0.5, 0.6) is 11.5 Å². The van der Waals surface area contributed by atoms with Gasteiger partial charge in [0.1, 0.15) is 11.5 Å². The second-order valence-corrected chi connectivity index (χ2v) is 5.81. The number of rotatable bonds is 6. The van der Waals surface area contributed by atoms with E-state index in [0.717, 1.165) is 5.56 Å². The van der Waals surface area contributed by atoms with Crippen molar-refractivity contribution in [2.24, 2.45) is 5.73 Å². The number of carbonyl (C=O) groups excluding carboxylic acids is 2. The van der Waals surface area contributed by atoms with Crippen LogP contribution in [0.1, 0.15) is 15.9 Å². The molecule has 1 unspecified atom stereocenters. The van der Waals surface area contributed by atoms with E-state index in [1.807, 2.05) is 24.3 Å². The van der Waals surface area contributed by atoms with E-state index < -0.39 is 12.0 Å². The highest BCUT2D eigenvalue weighted by Gasteiger charge is 2.16. The molecule has 2 aromatic rings. The summed E-state index contributed by atoms with van der Waals surface area (Å²) in [7, 11) is 4.70. The predicted molar refractivity (Wildman–Crippen MR) is 102 cm³/mol. The second kappa shape index (κ2) is 9.79. The number of likely N-dealkylation sites (N-methyl/N-ethyl adjacent to an activating group) is 1. The first-order valence-corrected chi connectivity index (χ1v) is 7.82. The van der Waals surface area contributed by atoms with E-state index in [4.69, 9.17) is 10.5 Å². The number of nitrogens with zero attached hydrogens (tertiary/aromatic N) is 1. The van der Waals surface area contributed by atoms with Crippen LogP contribution in [-0.2, 0) is 16.0 Å². The zero-order valence-electron chi connectivity index (χ0n) is 15.0. The Labute approximate surface area is 159 Å². The fraction of sp³-hybridized carbons (Fsp3) is 0.263. The Balaban J connectivity index is 0.00000338. The Morgan fingerprint density at radius 2 is 1.73 bits per heavy atom. The average Bonchev–Trinajstić information content (AvgIpc) is 2.61. The van der Waals surface area contributed by atoms with Crippen molar-refractivity contribution in [3.63, 3.8) is 0 Å². The van der Waals surface area contributed by atoms with Crippen LogP contribution in [0, 0.1) is 0 Å². The molecule has 2 rings (SSSR count). The van der Waals surface area contributed by atoms with Crippen LogP contribution in [0.3, 0.4) is 0 Å². The van der Waals surface area contributed by atoms with Gasteiger partial charge in [-0.2, -0.15) is 0 Å². The predicted octanol–water partition coefficient (Wildman–Crippen LogP) is 2.65. The molecule has 0 radical (unpaired) electrons. The Morgan fingerprint density at radius 1 is 1.08 bits per heavy atom. The molecular weight excluding hydrogens is 356 g/mol. The summed E-state index contributed by atoms with van der Waals surface area (Å²) < 4.78 is 10.4. The van der Waals surface area contributed by atoms with Crippen LogP contribution < -0.4 is 10.5 Å². The molecule has 0 aliphatic rings. The molecule has 2 aromatic carbocycles. The number of hydrogen-bond acceptors (Lipinski definition) is 5. The number of amides is 1. The van der Waals surface area contributed by atoms with Gasteiger partial charge in [-0.05, 0) is 48.4 Å². The summed E-state index contributed by atoms with van der Waals surface area (Å²) in [6.07, 6.45) is 0.426. The lowest BCUT2D eigenvalue weighted by Gasteiger charge is -2.17. The van der Waals surface area contributed by atoms with Gasteiger partial charge in [-0.15, -0.1) is 12.4 Å². The van der Waals surface area contributed by atoms with Gasteiger partial charge in [-0.25, -0.2) is 4.79 Å². The van der Waals surface area contributed by atoms with Crippen molar-refractivity contribution in [1.29, 1.82) is 0 Å². The number of nitrogens with two attached hydrogens (primary N) is 1. The first kappa shape index (κ1) is 21.5. The zero-order chi connectivity index (χ0) is 18.4. The molecule has 0 saturated heterocycles. The Bertz CT molecular complexity index is 747. The van der Waals surface area contributed by atoms with Gasteiger partial charge in [-0.3, -0.25) is 4.79 Å². The van der Waals surface area contributed by atoms with E-state index >= 15 is 0 Å². The van der Waals surface area contributed by atoms with Crippen molar-refractivity contribution in [3.05, 3.63) is 59.7 Å². The molecular formula is C19H23ClN2O4. The number of carbonyl (C=O) groups is 2. The van der Waals surface area contributed by atoms with E-state index in [1.54, 1.807) is 38.4 Å². The normalized spacial score (nSPS) is 11.1. The highest BCUT2D eigenvalue weighted by molar-refractivity contribution is 5.89. The highest BCUT2D eigenvalue weighted by Crippen LogP contribution is 2.23. The summed E-state index contributed by atoms with van der Waals surface area (Å²) in [5.74, 6) is 0.712. The molecule has 26 heavy (non-hydrogen) atoms. The summed E-state index contributed by atoms with van der Waals surface area (Å²) in [6, 6.07) is 13.5. The number of esters is 1. The van der Waals surface area contributed by atoms with Gasteiger partial charge in [0.25, 0.3) is 0 Å². The summed E-state index contributed by atoms with van der Waals surface area (Å²) >= 11 is 0. The molecule has 0 bridgehead atoms. The average molecular weight is 379 g/mol. The maximum absolute atomic E-state index is 11.9. The smallest absolute Gasteiger partial charge is 0.337 e. The molecule has 2 N–H and O–H groups in total. The third-order valence-electron chi connectivity index (χ3n) is 3.62. The fourth-order valence-corrected chi connectivity index (χ4v) is 2.32. The fourth-order valence-electron chi connectivity index (χ4n) is 2.32. The molecule has 1 atom stereocenters. The standard InChI is InChI=1S/C19H22N2O4.ClH/c1-21(2)18(22)17(20)12-13-5-4-6-16(11-13)25-15-9-7-14(8-10-15)19(23)24-3;/h4-11,17H,12,20H2,1-3H3;1H.